The maximum absolute atomic E-state index is 13.4. The quantitative estimate of drug-likeness (QED) is 0.507. The van der Waals surface area contributed by atoms with Gasteiger partial charge in [0.2, 0.25) is 0 Å². The van der Waals surface area contributed by atoms with Gasteiger partial charge in [-0.2, -0.15) is 5.10 Å². The monoisotopic (exact) mass is 404 g/mol. The molecule has 30 heavy (non-hydrogen) atoms. The number of urea groups is 1. The lowest BCUT2D eigenvalue weighted by Crippen LogP contribution is -2.41. The summed E-state index contributed by atoms with van der Waals surface area (Å²) in [4.78, 5) is 29.7. The van der Waals surface area contributed by atoms with Crippen LogP contribution < -0.4 is 16.4 Å². The first-order valence-electron chi connectivity index (χ1n) is 8.97. The number of aromatic nitrogens is 3. The zero-order valence-corrected chi connectivity index (χ0v) is 15.7. The zero-order valence-electron chi connectivity index (χ0n) is 15.7. The van der Waals surface area contributed by atoms with Gasteiger partial charge < -0.3 is 11.5 Å². The van der Waals surface area contributed by atoms with Gasteiger partial charge in [-0.25, -0.2) is 14.1 Å². The Morgan fingerprint density at radius 1 is 1.07 bits per heavy atom. The van der Waals surface area contributed by atoms with Gasteiger partial charge in [-0.15, -0.1) is 0 Å². The first-order valence-corrected chi connectivity index (χ1v) is 8.97. The van der Waals surface area contributed by atoms with Crippen molar-refractivity contribution in [2.75, 3.05) is 10.6 Å². The van der Waals surface area contributed by atoms with Crippen LogP contribution in [0.2, 0.25) is 0 Å². The van der Waals surface area contributed by atoms with Crippen LogP contribution in [0.1, 0.15) is 15.9 Å². The highest BCUT2D eigenvalue weighted by atomic mass is 19.1. The number of primary amides is 1. The lowest BCUT2D eigenvalue weighted by molar-refractivity contribution is 0.0995. The summed E-state index contributed by atoms with van der Waals surface area (Å²) in [6.45, 7) is 0.315. The Morgan fingerprint density at radius 2 is 1.87 bits per heavy atom. The van der Waals surface area contributed by atoms with Crippen molar-refractivity contribution in [3.8, 4) is 0 Å². The third-order valence-electron chi connectivity index (χ3n) is 4.58. The summed E-state index contributed by atoms with van der Waals surface area (Å²) in [5.74, 6) is -1.03. The molecule has 4 aromatic rings. The molecule has 0 aliphatic carbocycles. The van der Waals surface area contributed by atoms with Crippen LogP contribution in [-0.4, -0.2) is 26.7 Å². The number of anilines is 2. The molecule has 0 saturated carbocycles. The largest absolute Gasteiger partial charge is 0.397 e. The number of pyridine rings is 1. The Labute approximate surface area is 170 Å². The zero-order chi connectivity index (χ0) is 21.3. The van der Waals surface area contributed by atoms with Gasteiger partial charge >= 0.3 is 6.03 Å². The van der Waals surface area contributed by atoms with Crippen molar-refractivity contribution < 1.29 is 14.0 Å². The number of fused-ring (bicyclic) bond motifs is 1. The molecule has 0 aliphatic rings. The van der Waals surface area contributed by atoms with E-state index < -0.39 is 17.8 Å². The van der Waals surface area contributed by atoms with E-state index in [9.17, 15) is 14.0 Å². The predicted octanol–water partition coefficient (Wildman–Crippen LogP) is 2.93. The number of hydrogen-bond donors (Lipinski definition) is 2. The third kappa shape index (κ3) is 3.55. The Kier molecular flexibility index (Phi) is 4.85. The summed E-state index contributed by atoms with van der Waals surface area (Å²) in [6.07, 6.45) is 4.28. The molecule has 4 rings (SSSR count). The maximum Gasteiger partial charge on any atom is 0.326 e. The molecule has 2 aromatic carbocycles. The van der Waals surface area contributed by atoms with Gasteiger partial charge in [0.15, 0.2) is 0 Å². The summed E-state index contributed by atoms with van der Waals surface area (Å²) in [6, 6.07) is 11.8. The van der Waals surface area contributed by atoms with E-state index in [0.29, 0.717) is 17.5 Å². The first kappa shape index (κ1) is 19.1. The lowest BCUT2D eigenvalue weighted by atomic mass is 10.1. The molecule has 3 amide bonds. The average molecular weight is 404 g/mol. The molecule has 0 unspecified atom stereocenters. The van der Waals surface area contributed by atoms with E-state index in [0.717, 1.165) is 16.6 Å². The molecule has 0 fully saturated rings. The minimum absolute atomic E-state index is 0.212. The number of hydrogen-bond acceptors (Lipinski definition) is 5. The predicted molar refractivity (Wildman–Crippen MR) is 110 cm³/mol. The molecule has 8 nitrogen and oxygen atoms in total. The SMILES string of the molecule is NC(=O)N(C(=O)c1ccc2c(cnn2Cc2cncc(F)c2)c1)c1ccccc1N. The summed E-state index contributed by atoms with van der Waals surface area (Å²) in [7, 11) is 0. The lowest BCUT2D eigenvalue weighted by Gasteiger charge is -2.20. The molecule has 0 aliphatic heterocycles. The number of nitrogen functional groups attached to an aromatic ring is 1. The molecule has 0 spiro atoms. The van der Waals surface area contributed by atoms with Crippen molar-refractivity contribution >= 4 is 34.2 Å². The van der Waals surface area contributed by atoms with Crippen LogP contribution >= 0.6 is 0 Å². The minimum Gasteiger partial charge on any atom is -0.397 e. The van der Waals surface area contributed by atoms with Crippen LogP contribution in [0.3, 0.4) is 0 Å². The summed E-state index contributed by atoms with van der Waals surface area (Å²) in [5, 5.41) is 4.98. The molecule has 0 radical (unpaired) electrons. The van der Waals surface area contributed by atoms with Gasteiger partial charge in [0, 0.05) is 17.1 Å². The molecule has 2 aromatic heterocycles. The van der Waals surface area contributed by atoms with Crippen molar-refractivity contribution in [3.05, 3.63) is 84.1 Å². The number of nitrogens with two attached hydrogens (primary N) is 2. The Hall–Kier alpha value is -4.27. The number of carbonyl (C=O) groups excluding carboxylic acids is 2. The average Bonchev–Trinajstić information content (AvgIpc) is 3.11. The second kappa shape index (κ2) is 7.63. The molecule has 9 heteroatoms. The van der Waals surface area contributed by atoms with E-state index in [1.54, 1.807) is 59.5 Å². The van der Waals surface area contributed by atoms with Crippen molar-refractivity contribution in [3.63, 3.8) is 0 Å². The van der Waals surface area contributed by atoms with E-state index in [2.05, 4.69) is 10.1 Å². The number of carbonyl (C=O) groups is 2. The van der Waals surface area contributed by atoms with E-state index >= 15 is 0 Å². The number of rotatable bonds is 4. The molecule has 0 saturated heterocycles. The third-order valence-corrected chi connectivity index (χ3v) is 4.58. The highest BCUT2D eigenvalue weighted by Gasteiger charge is 2.24. The van der Waals surface area contributed by atoms with Gasteiger partial charge in [0.25, 0.3) is 5.91 Å². The highest BCUT2D eigenvalue weighted by molar-refractivity contribution is 6.22. The normalized spacial score (nSPS) is 10.8. The second-order valence-electron chi connectivity index (χ2n) is 6.62. The van der Waals surface area contributed by atoms with Crippen molar-refractivity contribution in [2.45, 2.75) is 6.54 Å². The summed E-state index contributed by atoms with van der Waals surface area (Å²) in [5.41, 5.74) is 13.5. The second-order valence-corrected chi connectivity index (χ2v) is 6.62. The van der Waals surface area contributed by atoms with E-state index in [1.165, 1.54) is 6.07 Å². The Bertz CT molecular complexity index is 1270. The Morgan fingerprint density at radius 3 is 2.60 bits per heavy atom. The van der Waals surface area contributed by atoms with E-state index in [1.807, 2.05) is 0 Å². The molecule has 0 atom stereocenters. The minimum atomic E-state index is -0.938. The summed E-state index contributed by atoms with van der Waals surface area (Å²) >= 11 is 0. The van der Waals surface area contributed by atoms with Gasteiger partial charge in [-0.3, -0.25) is 14.5 Å². The molecule has 2 heterocycles. The van der Waals surface area contributed by atoms with Crippen LogP contribution in [0, 0.1) is 5.82 Å². The number of benzene rings is 2. The first-order chi connectivity index (χ1) is 14.4. The van der Waals surface area contributed by atoms with Crippen LogP contribution in [0.4, 0.5) is 20.6 Å². The molecule has 4 N–H and O–H groups in total. The van der Waals surface area contributed by atoms with Gasteiger partial charge in [-0.05, 0) is 42.0 Å². The molecular weight excluding hydrogens is 387 g/mol. The number of halogens is 1. The van der Waals surface area contributed by atoms with Gasteiger partial charge in [0.05, 0.1) is 35.8 Å². The van der Waals surface area contributed by atoms with Gasteiger partial charge in [0.1, 0.15) is 5.82 Å². The number of nitrogens with zero attached hydrogens (tertiary/aromatic N) is 4. The van der Waals surface area contributed by atoms with Crippen molar-refractivity contribution in [2.24, 2.45) is 5.73 Å². The smallest absolute Gasteiger partial charge is 0.326 e. The maximum atomic E-state index is 13.4. The summed E-state index contributed by atoms with van der Waals surface area (Å²) < 4.78 is 15.0. The number of amides is 3. The molecule has 150 valence electrons. The fraction of sp³-hybridized carbons (Fsp3) is 0.0476. The van der Waals surface area contributed by atoms with Crippen LogP contribution in [-0.2, 0) is 6.54 Å². The fourth-order valence-electron chi connectivity index (χ4n) is 3.21. The number of para-hydroxylation sites is 2. The van der Waals surface area contributed by atoms with Gasteiger partial charge in [-0.1, -0.05) is 12.1 Å². The van der Waals surface area contributed by atoms with E-state index in [-0.39, 0.29) is 16.9 Å². The highest BCUT2D eigenvalue weighted by Crippen LogP contribution is 2.25. The topological polar surface area (TPSA) is 120 Å². The molecular formula is C21H17FN6O2. The van der Waals surface area contributed by atoms with Crippen molar-refractivity contribution in [1.29, 1.82) is 0 Å². The van der Waals surface area contributed by atoms with Crippen molar-refractivity contribution in [1.82, 2.24) is 14.8 Å². The van der Waals surface area contributed by atoms with E-state index in [4.69, 9.17) is 11.5 Å². The standard InChI is InChI=1S/C21H17FN6O2/c22-16-7-13(9-25-11-16)12-27-18-6-5-14(8-15(18)10-26-27)20(29)28(21(24)30)19-4-2-1-3-17(19)23/h1-11H,12,23H2,(H2,24,30). The Balaban J connectivity index is 1.67. The fourth-order valence-corrected chi connectivity index (χ4v) is 3.21. The van der Waals surface area contributed by atoms with Crippen LogP contribution in [0.5, 0.6) is 0 Å². The number of imide groups is 1. The molecule has 0 bridgehead atoms. The van der Waals surface area contributed by atoms with Crippen LogP contribution in [0.15, 0.2) is 67.1 Å². The van der Waals surface area contributed by atoms with Crippen LogP contribution in [0.25, 0.3) is 10.9 Å².